The van der Waals surface area contributed by atoms with Crippen LogP contribution in [0.1, 0.15) is 41.5 Å². The van der Waals surface area contributed by atoms with Gasteiger partial charge < -0.3 is 19.5 Å². The second-order valence-electron chi connectivity index (χ2n) is 6.25. The minimum atomic E-state index is -3.07. The van der Waals surface area contributed by atoms with E-state index in [2.05, 4.69) is 10.4 Å². The summed E-state index contributed by atoms with van der Waals surface area (Å²) >= 11 is 0. The van der Waals surface area contributed by atoms with Gasteiger partial charge >= 0.3 is 17.9 Å². The van der Waals surface area contributed by atoms with Crippen LogP contribution in [0.4, 0.5) is 0 Å². The standard InChI is InChI=1S/C12H25N2O5P.C6H13NO2/c1-7-18-11(15)9(3)13-20(6,17)14(5)10(4)12(16)19-8-2;1-4-9-6(8)5(2)7-3/h9-10H,7-8H2,1-6H3,(H,13,17);5,7H,4H2,1-3H3. The van der Waals surface area contributed by atoms with Crippen molar-refractivity contribution < 1.29 is 33.2 Å². The van der Waals surface area contributed by atoms with Gasteiger partial charge in [0.15, 0.2) is 0 Å². The molecule has 0 aromatic rings. The first-order valence-electron chi connectivity index (χ1n) is 9.65. The fraction of sp³-hybridized carbons (Fsp3) is 0.833. The first-order valence-corrected chi connectivity index (χ1v) is 11.8. The molecule has 0 aliphatic rings. The van der Waals surface area contributed by atoms with Crippen molar-refractivity contribution in [3.05, 3.63) is 0 Å². The summed E-state index contributed by atoms with van der Waals surface area (Å²) in [5, 5.41) is 5.49. The van der Waals surface area contributed by atoms with Gasteiger partial charge in [-0.15, -0.1) is 0 Å². The van der Waals surface area contributed by atoms with E-state index in [1.54, 1.807) is 55.6 Å². The predicted molar refractivity (Wildman–Crippen MR) is 112 cm³/mol. The highest BCUT2D eigenvalue weighted by Gasteiger charge is 2.33. The van der Waals surface area contributed by atoms with Gasteiger partial charge in [0.2, 0.25) is 7.44 Å². The highest BCUT2D eigenvalue weighted by atomic mass is 31.2. The van der Waals surface area contributed by atoms with Crippen LogP contribution in [-0.2, 0) is 33.2 Å². The molecule has 0 saturated heterocycles. The summed E-state index contributed by atoms with van der Waals surface area (Å²) in [6.07, 6.45) is 0. The summed E-state index contributed by atoms with van der Waals surface area (Å²) in [6.45, 7) is 12.6. The Morgan fingerprint density at radius 1 is 0.862 bits per heavy atom. The predicted octanol–water partition coefficient (Wildman–Crippen LogP) is 1.39. The maximum absolute atomic E-state index is 12.6. The van der Waals surface area contributed by atoms with Gasteiger partial charge in [0, 0.05) is 6.66 Å². The number of nitrogens with one attached hydrogen (secondary N) is 2. The van der Waals surface area contributed by atoms with Crippen molar-refractivity contribution in [3.63, 3.8) is 0 Å². The summed E-state index contributed by atoms with van der Waals surface area (Å²) in [7, 11) is 0.203. The summed E-state index contributed by atoms with van der Waals surface area (Å²) in [6, 6.07) is -1.58. The molecule has 0 spiro atoms. The highest BCUT2D eigenvalue weighted by Crippen LogP contribution is 2.42. The van der Waals surface area contributed by atoms with E-state index in [4.69, 9.17) is 14.2 Å². The lowest BCUT2D eigenvalue weighted by atomic mass is 10.3. The molecule has 10 nitrogen and oxygen atoms in total. The monoisotopic (exact) mass is 439 g/mol. The highest BCUT2D eigenvalue weighted by molar-refractivity contribution is 7.58. The zero-order chi connectivity index (χ0) is 23.2. The number of carbonyl (C=O) groups excluding carboxylic acids is 3. The number of carbonyl (C=O) groups is 3. The Labute approximate surface area is 174 Å². The van der Waals surface area contributed by atoms with E-state index in [0.29, 0.717) is 6.61 Å². The third-order valence-corrected chi connectivity index (χ3v) is 6.35. The van der Waals surface area contributed by atoms with E-state index in [1.165, 1.54) is 11.3 Å². The topological polar surface area (TPSA) is 123 Å². The molecule has 0 bridgehead atoms. The summed E-state index contributed by atoms with van der Waals surface area (Å²) in [5.74, 6) is -1.13. The molecule has 172 valence electrons. The average Bonchev–Trinajstić information content (AvgIpc) is 2.66. The zero-order valence-corrected chi connectivity index (χ0v) is 20.0. The van der Waals surface area contributed by atoms with Crippen molar-refractivity contribution in [2.24, 2.45) is 0 Å². The SMILES string of the molecule is CCOC(=O)C(C)NC.CCOC(=O)C(C)NP(C)(=O)N(C)C(C)C(=O)OCC. The molecule has 0 radical (unpaired) electrons. The van der Waals surface area contributed by atoms with Gasteiger partial charge in [-0.1, -0.05) is 0 Å². The second-order valence-corrected chi connectivity index (χ2v) is 8.89. The molecule has 2 N–H and O–H groups in total. The van der Waals surface area contributed by atoms with Crippen LogP contribution in [-0.4, -0.2) is 81.3 Å². The third kappa shape index (κ3) is 12.0. The first-order chi connectivity index (χ1) is 13.4. The normalized spacial score (nSPS) is 15.8. The fourth-order valence-corrected chi connectivity index (χ4v) is 3.66. The van der Waals surface area contributed by atoms with Crippen LogP contribution in [0.15, 0.2) is 0 Å². The second kappa shape index (κ2) is 15.4. The quantitative estimate of drug-likeness (QED) is 0.277. The van der Waals surface area contributed by atoms with E-state index in [-0.39, 0.29) is 25.2 Å². The Hall–Kier alpha value is -1.48. The Bertz CT molecular complexity index is 560. The molecule has 0 amide bonds. The summed E-state index contributed by atoms with van der Waals surface area (Å²) in [5.41, 5.74) is 0. The van der Waals surface area contributed by atoms with E-state index in [9.17, 15) is 18.9 Å². The van der Waals surface area contributed by atoms with Crippen LogP contribution in [0.2, 0.25) is 0 Å². The number of ether oxygens (including phenoxy) is 3. The molecule has 0 aliphatic heterocycles. The van der Waals surface area contributed by atoms with Gasteiger partial charge in [-0.05, 0) is 55.6 Å². The van der Waals surface area contributed by atoms with Crippen LogP contribution >= 0.6 is 7.44 Å². The maximum atomic E-state index is 12.6. The Balaban J connectivity index is 0. The van der Waals surface area contributed by atoms with Crippen molar-refractivity contribution >= 4 is 25.4 Å². The van der Waals surface area contributed by atoms with Gasteiger partial charge in [-0.3, -0.25) is 18.9 Å². The smallest absolute Gasteiger partial charge is 0.323 e. The van der Waals surface area contributed by atoms with Crippen molar-refractivity contribution in [2.45, 2.75) is 59.7 Å². The van der Waals surface area contributed by atoms with E-state index >= 15 is 0 Å². The van der Waals surface area contributed by atoms with Gasteiger partial charge in [-0.25, -0.2) is 9.76 Å². The van der Waals surface area contributed by atoms with Crippen molar-refractivity contribution in [2.75, 3.05) is 40.6 Å². The number of rotatable bonds is 11. The third-order valence-electron chi connectivity index (χ3n) is 3.94. The largest absolute Gasteiger partial charge is 0.465 e. The van der Waals surface area contributed by atoms with Crippen molar-refractivity contribution in [3.8, 4) is 0 Å². The molecule has 0 aromatic carbocycles. The van der Waals surface area contributed by atoms with E-state index in [0.717, 1.165) is 0 Å². The average molecular weight is 439 g/mol. The lowest BCUT2D eigenvalue weighted by Gasteiger charge is -2.31. The van der Waals surface area contributed by atoms with Gasteiger partial charge in [0.1, 0.15) is 18.1 Å². The van der Waals surface area contributed by atoms with Crippen molar-refractivity contribution in [1.82, 2.24) is 15.1 Å². The van der Waals surface area contributed by atoms with E-state index in [1.807, 2.05) is 0 Å². The van der Waals surface area contributed by atoms with Crippen LogP contribution < -0.4 is 10.4 Å². The molecule has 4 atom stereocenters. The minimum Gasteiger partial charge on any atom is -0.465 e. The maximum Gasteiger partial charge on any atom is 0.323 e. The van der Waals surface area contributed by atoms with E-state index < -0.39 is 31.5 Å². The van der Waals surface area contributed by atoms with Crippen LogP contribution in [0, 0.1) is 0 Å². The molecule has 0 fully saturated rings. The lowest BCUT2D eigenvalue weighted by Crippen LogP contribution is -2.42. The molecular formula is C18H38N3O7P. The molecule has 11 heteroatoms. The fourth-order valence-electron chi connectivity index (χ4n) is 1.90. The number of esters is 3. The number of likely N-dealkylation sites (N-methyl/N-ethyl adjacent to an activating group) is 2. The Kier molecular flexibility index (Phi) is 15.8. The number of hydrogen-bond acceptors (Lipinski definition) is 8. The van der Waals surface area contributed by atoms with Crippen LogP contribution in [0.5, 0.6) is 0 Å². The number of nitrogens with zero attached hydrogens (tertiary/aromatic N) is 1. The summed E-state index contributed by atoms with van der Waals surface area (Å²) in [4.78, 5) is 33.9. The molecule has 4 unspecified atom stereocenters. The van der Waals surface area contributed by atoms with Gasteiger partial charge in [0.05, 0.1) is 19.8 Å². The molecule has 0 aromatic heterocycles. The molecule has 0 rings (SSSR count). The molecule has 0 heterocycles. The molecular weight excluding hydrogens is 401 g/mol. The van der Waals surface area contributed by atoms with Crippen LogP contribution in [0.3, 0.4) is 0 Å². The minimum absolute atomic E-state index is 0.190. The lowest BCUT2D eigenvalue weighted by molar-refractivity contribution is -0.147. The van der Waals surface area contributed by atoms with Gasteiger partial charge in [-0.2, -0.15) is 0 Å². The zero-order valence-electron chi connectivity index (χ0n) is 19.1. The number of hydrogen-bond donors (Lipinski definition) is 2. The van der Waals surface area contributed by atoms with Crippen molar-refractivity contribution in [1.29, 1.82) is 0 Å². The molecule has 0 saturated carbocycles. The molecule has 29 heavy (non-hydrogen) atoms. The Morgan fingerprint density at radius 3 is 1.62 bits per heavy atom. The first kappa shape index (κ1) is 29.7. The van der Waals surface area contributed by atoms with Crippen LogP contribution in [0.25, 0.3) is 0 Å². The summed E-state index contributed by atoms with van der Waals surface area (Å²) < 4.78 is 28.4. The van der Waals surface area contributed by atoms with Gasteiger partial charge in [0.25, 0.3) is 0 Å². The Morgan fingerprint density at radius 2 is 1.24 bits per heavy atom. The molecule has 0 aliphatic carbocycles.